The zero-order valence-electron chi connectivity index (χ0n) is 14.3. The first-order chi connectivity index (χ1) is 12.6. The van der Waals surface area contributed by atoms with Gasteiger partial charge in [0.1, 0.15) is 18.1 Å². The fraction of sp³-hybridized carbons (Fsp3) is 0.150. The third-order valence-electron chi connectivity index (χ3n) is 4.46. The Hall–Kier alpha value is -3.28. The van der Waals surface area contributed by atoms with Gasteiger partial charge in [0.2, 0.25) is 0 Å². The van der Waals surface area contributed by atoms with Gasteiger partial charge in [-0.3, -0.25) is 0 Å². The van der Waals surface area contributed by atoms with E-state index in [-0.39, 0.29) is 18.1 Å². The second-order valence-corrected chi connectivity index (χ2v) is 5.85. The van der Waals surface area contributed by atoms with Gasteiger partial charge in [0.15, 0.2) is 11.6 Å². The summed E-state index contributed by atoms with van der Waals surface area (Å²) < 4.78 is 30.0. The smallest absolute Gasteiger partial charge is 0.355 e. The summed E-state index contributed by atoms with van der Waals surface area (Å²) in [6, 6.07) is 12.1. The van der Waals surface area contributed by atoms with E-state index in [4.69, 9.17) is 14.2 Å². The van der Waals surface area contributed by atoms with E-state index in [1.807, 2.05) is 24.3 Å². The van der Waals surface area contributed by atoms with Crippen LogP contribution in [0.15, 0.2) is 42.5 Å². The number of halogens is 1. The molecule has 1 aliphatic rings. The first-order valence-corrected chi connectivity index (χ1v) is 8.03. The quantitative estimate of drug-likeness (QED) is 0.718. The van der Waals surface area contributed by atoms with E-state index < -0.39 is 11.8 Å². The van der Waals surface area contributed by atoms with Gasteiger partial charge in [0.25, 0.3) is 0 Å². The fourth-order valence-corrected chi connectivity index (χ4v) is 3.26. The van der Waals surface area contributed by atoms with Gasteiger partial charge in [-0.05, 0) is 29.8 Å². The molecule has 0 saturated heterocycles. The van der Waals surface area contributed by atoms with E-state index in [1.165, 1.54) is 26.4 Å². The minimum atomic E-state index is -0.525. The number of carbonyl (C=O) groups excluding carboxylic acids is 1. The molecule has 1 N–H and O–H groups in total. The van der Waals surface area contributed by atoms with Crippen LogP contribution in [0, 0.1) is 5.82 Å². The average Bonchev–Trinajstić information content (AvgIpc) is 3.07. The van der Waals surface area contributed by atoms with Crippen LogP contribution in [0.4, 0.5) is 4.39 Å². The van der Waals surface area contributed by atoms with E-state index in [1.54, 1.807) is 6.07 Å². The number of methoxy groups -OCH3 is 2. The largest absolute Gasteiger partial charge is 0.494 e. The van der Waals surface area contributed by atoms with Gasteiger partial charge in [-0.2, -0.15) is 0 Å². The molecule has 0 saturated carbocycles. The lowest BCUT2D eigenvalue weighted by atomic mass is 9.96. The molecule has 0 amide bonds. The summed E-state index contributed by atoms with van der Waals surface area (Å²) in [7, 11) is 2.71. The molecule has 3 aromatic rings. The van der Waals surface area contributed by atoms with Crippen LogP contribution < -0.4 is 9.47 Å². The maximum Gasteiger partial charge on any atom is 0.355 e. The molecule has 0 atom stereocenters. The Bertz CT molecular complexity index is 1010. The van der Waals surface area contributed by atoms with Gasteiger partial charge in [-0.15, -0.1) is 0 Å². The predicted molar refractivity (Wildman–Crippen MR) is 93.8 cm³/mol. The van der Waals surface area contributed by atoms with Gasteiger partial charge >= 0.3 is 5.97 Å². The molecule has 0 fully saturated rings. The molecule has 0 spiro atoms. The first-order valence-electron chi connectivity index (χ1n) is 8.03. The van der Waals surface area contributed by atoms with Crippen molar-refractivity contribution in [3.8, 4) is 33.9 Å². The molecule has 0 radical (unpaired) electrons. The summed E-state index contributed by atoms with van der Waals surface area (Å²) in [6.45, 7) is 0.267. The molecule has 1 aliphatic heterocycles. The van der Waals surface area contributed by atoms with Crippen LogP contribution in [-0.4, -0.2) is 25.2 Å². The van der Waals surface area contributed by atoms with Crippen molar-refractivity contribution in [3.05, 3.63) is 59.5 Å². The van der Waals surface area contributed by atoms with Crippen LogP contribution in [0.2, 0.25) is 0 Å². The molecule has 1 aromatic heterocycles. The molecule has 2 heterocycles. The van der Waals surface area contributed by atoms with E-state index in [9.17, 15) is 9.18 Å². The molecule has 0 aliphatic carbocycles. The van der Waals surface area contributed by atoms with Crippen molar-refractivity contribution in [1.82, 2.24) is 4.98 Å². The molecule has 132 valence electrons. The van der Waals surface area contributed by atoms with Crippen molar-refractivity contribution in [1.29, 1.82) is 0 Å². The monoisotopic (exact) mass is 353 g/mol. The number of nitrogens with one attached hydrogen (secondary N) is 1. The summed E-state index contributed by atoms with van der Waals surface area (Å²) in [5.74, 6) is -0.166. The number of carbonyl (C=O) groups is 1. The van der Waals surface area contributed by atoms with Crippen molar-refractivity contribution in [2.45, 2.75) is 6.61 Å². The summed E-state index contributed by atoms with van der Waals surface area (Å²) >= 11 is 0. The number of fused-ring (bicyclic) bond motifs is 3. The Kier molecular flexibility index (Phi) is 3.88. The highest BCUT2D eigenvalue weighted by Gasteiger charge is 2.29. The number of ether oxygens (including phenoxy) is 3. The minimum absolute atomic E-state index is 0.138. The second-order valence-electron chi connectivity index (χ2n) is 5.85. The Morgan fingerprint density at radius 1 is 1.19 bits per heavy atom. The minimum Gasteiger partial charge on any atom is -0.494 e. The normalized spacial score (nSPS) is 12.0. The molecule has 0 unspecified atom stereocenters. The Balaban J connectivity index is 1.96. The summed E-state index contributed by atoms with van der Waals surface area (Å²) in [5, 5.41) is 0. The van der Waals surface area contributed by atoms with E-state index in [0.29, 0.717) is 11.1 Å². The van der Waals surface area contributed by atoms with Gasteiger partial charge in [0, 0.05) is 16.7 Å². The number of rotatable bonds is 3. The lowest BCUT2D eigenvalue weighted by Gasteiger charge is -2.18. The number of hydrogen-bond donors (Lipinski definition) is 1. The number of hydrogen-bond acceptors (Lipinski definition) is 4. The highest BCUT2D eigenvalue weighted by atomic mass is 19.1. The SMILES string of the molecule is COC(=O)c1[nH]c2c(c1-c1ccc(OC)c(F)c1)COc1ccccc1-2. The van der Waals surface area contributed by atoms with Crippen molar-refractivity contribution in [3.63, 3.8) is 0 Å². The van der Waals surface area contributed by atoms with Crippen LogP contribution in [0.3, 0.4) is 0 Å². The maximum atomic E-state index is 14.2. The van der Waals surface area contributed by atoms with Crippen LogP contribution in [0.25, 0.3) is 22.4 Å². The fourth-order valence-electron chi connectivity index (χ4n) is 3.26. The molecule has 26 heavy (non-hydrogen) atoms. The molecular formula is C20H16FNO4. The Morgan fingerprint density at radius 3 is 2.73 bits per heavy atom. The predicted octanol–water partition coefficient (Wildman–Crippen LogP) is 4.18. The Labute approximate surface area is 149 Å². The molecule has 4 rings (SSSR count). The number of benzene rings is 2. The third kappa shape index (κ3) is 2.42. The van der Waals surface area contributed by atoms with Gasteiger partial charge < -0.3 is 19.2 Å². The topological polar surface area (TPSA) is 60.6 Å². The standard InChI is InChI=1S/C20H16FNO4/c1-24-16-8-7-11(9-14(16)21)17-13-10-26-15-6-4-3-5-12(15)18(13)22-19(17)20(23)25-2/h3-9,22H,10H2,1-2H3. The highest BCUT2D eigenvalue weighted by molar-refractivity contribution is 5.99. The van der Waals surface area contributed by atoms with E-state index >= 15 is 0 Å². The van der Waals surface area contributed by atoms with Crippen LogP contribution in [0.5, 0.6) is 11.5 Å². The van der Waals surface area contributed by atoms with E-state index in [0.717, 1.165) is 22.6 Å². The lowest BCUT2D eigenvalue weighted by molar-refractivity contribution is 0.0596. The van der Waals surface area contributed by atoms with Crippen LogP contribution >= 0.6 is 0 Å². The van der Waals surface area contributed by atoms with Gasteiger partial charge in [0.05, 0.1) is 19.9 Å². The second kappa shape index (κ2) is 6.22. The van der Waals surface area contributed by atoms with Crippen molar-refractivity contribution < 1.29 is 23.4 Å². The summed E-state index contributed by atoms with van der Waals surface area (Å²) in [6.07, 6.45) is 0. The van der Waals surface area contributed by atoms with Crippen molar-refractivity contribution in [2.75, 3.05) is 14.2 Å². The highest BCUT2D eigenvalue weighted by Crippen LogP contribution is 2.43. The number of aromatic amines is 1. The van der Waals surface area contributed by atoms with Gasteiger partial charge in [-0.1, -0.05) is 18.2 Å². The van der Waals surface area contributed by atoms with Crippen molar-refractivity contribution >= 4 is 5.97 Å². The number of aromatic nitrogens is 1. The average molecular weight is 353 g/mol. The van der Waals surface area contributed by atoms with Crippen LogP contribution in [-0.2, 0) is 11.3 Å². The summed E-state index contributed by atoms with van der Waals surface area (Å²) in [5.41, 5.74) is 3.79. The molecule has 5 nitrogen and oxygen atoms in total. The van der Waals surface area contributed by atoms with E-state index in [2.05, 4.69) is 4.98 Å². The molecule has 2 aromatic carbocycles. The zero-order chi connectivity index (χ0) is 18.3. The van der Waals surface area contributed by atoms with Gasteiger partial charge in [-0.25, -0.2) is 9.18 Å². The molecule has 0 bridgehead atoms. The maximum absolute atomic E-state index is 14.2. The number of esters is 1. The first kappa shape index (κ1) is 16.2. The number of H-pyrrole nitrogens is 1. The Morgan fingerprint density at radius 2 is 2.00 bits per heavy atom. The lowest BCUT2D eigenvalue weighted by Crippen LogP contribution is -2.05. The summed E-state index contributed by atoms with van der Waals surface area (Å²) in [4.78, 5) is 15.5. The molecule has 6 heteroatoms. The third-order valence-corrected chi connectivity index (χ3v) is 4.46. The van der Waals surface area contributed by atoms with Crippen LogP contribution in [0.1, 0.15) is 16.1 Å². The zero-order valence-corrected chi connectivity index (χ0v) is 14.3. The molecular weight excluding hydrogens is 337 g/mol. The number of para-hydroxylation sites is 1. The van der Waals surface area contributed by atoms with Crippen molar-refractivity contribution in [2.24, 2.45) is 0 Å².